The number of oxime groups is 2. The van der Waals surface area contributed by atoms with Crippen molar-refractivity contribution in [2.24, 2.45) is 10.3 Å². The van der Waals surface area contributed by atoms with Crippen molar-refractivity contribution in [2.45, 2.75) is 53.4 Å². The van der Waals surface area contributed by atoms with Gasteiger partial charge in [-0.15, -0.1) is 0 Å². The van der Waals surface area contributed by atoms with Gasteiger partial charge < -0.3 is 19.5 Å². The van der Waals surface area contributed by atoms with Crippen LogP contribution in [0, 0.1) is 0 Å². The Morgan fingerprint density at radius 2 is 1.09 bits per heavy atom. The van der Waals surface area contributed by atoms with E-state index in [2.05, 4.69) is 10.3 Å². The van der Waals surface area contributed by atoms with Crippen molar-refractivity contribution in [1.29, 1.82) is 0 Å². The third kappa shape index (κ3) is 27.5. The molecule has 10 heteroatoms. The topological polar surface area (TPSA) is 140 Å². The molecular formula is C12H28N2O6S2. The molecule has 0 heterocycles. The lowest BCUT2D eigenvalue weighted by Crippen LogP contribution is -2.04. The van der Waals surface area contributed by atoms with Gasteiger partial charge >= 0.3 is 0 Å². The van der Waals surface area contributed by atoms with Crippen molar-refractivity contribution in [3.05, 3.63) is 0 Å². The summed E-state index contributed by atoms with van der Waals surface area (Å²) >= 11 is -3.13. The number of nitrogens with zero attached hydrogens (tertiary/aromatic N) is 2. The number of hydrogen-bond acceptors (Lipinski definition) is 6. The van der Waals surface area contributed by atoms with Gasteiger partial charge in [0.1, 0.15) is 11.4 Å². The van der Waals surface area contributed by atoms with Crippen LogP contribution in [0.1, 0.15) is 53.4 Å². The van der Waals surface area contributed by atoms with Gasteiger partial charge in [-0.05, 0) is 26.7 Å². The van der Waals surface area contributed by atoms with E-state index < -0.39 is 22.2 Å². The molecule has 0 fully saturated rings. The Morgan fingerprint density at radius 3 is 1.18 bits per heavy atom. The first-order valence-electron chi connectivity index (χ1n) is 6.79. The summed E-state index contributed by atoms with van der Waals surface area (Å²) in [5, 5.41) is 21.6. The van der Waals surface area contributed by atoms with E-state index in [1.165, 1.54) is 13.8 Å². The molecule has 0 aromatic carbocycles. The van der Waals surface area contributed by atoms with Crippen molar-refractivity contribution < 1.29 is 27.9 Å². The minimum Gasteiger partial charge on any atom is -0.411 e. The molecule has 0 aromatic heterocycles. The van der Waals surface area contributed by atoms with Crippen LogP contribution < -0.4 is 0 Å². The van der Waals surface area contributed by atoms with Gasteiger partial charge in [0, 0.05) is 11.5 Å². The number of unbranched alkanes of at least 4 members (excludes halogenated alkanes) is 2. The van der Waals surface area contributed by atoms with Gasteiger partial charge in [0.2, 0.25) is 0 Å². The summed E-state index contributed by atoms with van der Waals surface area (Å²) in [7, 11) is 0. The molecule has 22 heavy (non-hydrogen) atoms. The first-order chi connectivity index (χ1) is 10.3. The first-order valence-corrected chi connectivity index (χ1v) is 9.34. The van der Waals surface area contributed by atoms with Crippen LogP contribution in [0.5, 0.6) is 0 Å². The van der Waals surface area contributed by atoms with E-state index in [9.17, 15) is 8.42 Å². The summed E-state index contributed by atoms with van der Waals surface area (Å²) in [4.78, 5) is 0. The highest BCUT2D eigenvalue weighted by Gasteiger charge is 1.93. The van der Waals surface area contributed by atoms with Gasteiger partial charge in [0.25, 0.3) is 0 Å². The Morgan fingerprint density at radius 1 is 0.818 bits per heavy atom. The van der Waals surface area contributed by atoms with Crippen LogP contribution in [-0.4, -0.2) is 50.9 Å². The average molecular weight is 360 g/mol. The minimum atomic E-state index is -1.57. The van der Waals surface area contributed by atoms with Crippen molar-refractivity contribution in [3.8, 4) is 0 Å². The second kappa shape index (κ2) is 20.2. The molecule has 8 nitrogen and oxygen atoms in total. The van der Waals surface area contributed by atoms with Crippen LogP contribution in [-0.2, 0) is 22.2 Å². The van der Waals surface area contributed by atoms with Gasteiger partial charge in [0.05, 0.1) is 0 Å². The standard InChI is InChI=1S/C4H8N2O2.2C4H10O2S/c1-3(5-7)4(2)6-8;2*1-2-3-4-7(5)6/h7-8H,1-2H3;2*2-4H2,1H3,(H,5,6). The molecule has 0 radical (unpaired) electrons. The van der Waals surface area contributed by atoms with E-state index in [0.717, 1.165) is 25.7 Å². The molecule has 0 saturated heterocycles. The average Bonchev–Trinajstić information content (AvgIpc) is 2.50. The first kappa shape index (κ1) is 26.1. The van der Waals surface area contributed by atoms with Crippen LogP contribution in [0.25, 0.3) is 0 Å². The van der Waals surface area contributed by atoms with Crippen LogP contribution in [0.3, 0.4) is 0 Å². The highest BCUT2D eigenvalue weighted by Crippen LogP contribution is 1.87. The van der Waals surface area contributed by atoms with E-state index in [-0.39, 0.29) is 0 Å². The SMILES string of the molecule is CC(=NO)C(C)=NO.CCCCS(=O)O.CCCCS(=O)O. The molecule has 0 rings (SSSR count). The summed E-state index contributed by atoms with van der Waals surface area (Å²) in [6.45, 7) is 7.06. The fraction of sp³-hybridized carbons (Fsp3) is 0.833. The second-order valence-electron chi connectivity index (χ2n) is 4.13. The summed E-state index contributed by atoms with van der Waals surface area (Å²) < 4.78 is 36.0. The Labute approximate surface area is 137 Å². The quantitative estimate of drug-likeness (QED) is 0.238. The Balaban J connectivity index is -0.000000247. The maximum Gasteiger partial charge on any atom is 0.152 e. The molecule has 0 aliphatic carbocycles. The fourth-order valence-corrected chi connectivity index (χ4v) is 1.75. The number of rotatable bonds is 7. The molecule has 0 saturated carbocycles. The predicted molar refractivity (Wildman–Crippen MR) is 90.9 cm³/mol. The van der Waals surface area contributed by atoms with Gasteiger partial charge in [-0.1, -0.05) is 37.0 Å². The molecule has 0 bridgehead atoms. The Kier molecular flexibility index (Phi) is 23.9. The number of hydrogen-bond donors (Lipinski definition) is 4. The molecule has 4 N–H and O–H groups in total. The zero-order valence-corrected chi connectivity index (χ0v) is 15.2. The second-order valence-corrected chi connectivity index (χ2v) is 6.23. The molecule has 0 aromatic rings. The highest BCUT2D eigenvalue weighted by atomic mass is 32.2. The minimum absolute atomic E-state index is 0.313. The maximum atomic E-state index is 9.87. The predicted octanol–water partition coefficient (Wildman–Crippen LogP) is 2.70. The largest absolute Gasteiger partial charge is 0.411 e. The normalized spacial score (nSPS) is 14.1. The van der Waals surface area contributed by atoms with Crippen molar-refractivity contribution in [2.75, 3.05) is 11.5 Å². The third-order valence-electron chi connectivity index (χ3n) is 2.17. The molecule has 0 aliphatic heterocycles. The van der Waals surface area contributed by atoms with Crippen molar-refractivity contribution >= 4 is 33.6 Å². The molecule has 134 valence electrons. The molecule has 0 spiro atoms. The van der Waals surface area contributed by atoms with E-state index in [1.807, 2.05) is 13.8 Å². The zero-order chi connectivity index (χ0) is 18.0. The Hall–Kier alpha value is -0.840. The highest BCUT2D eigenvalue weighted by molar-refractivity contribution is 7.79. The van der Waals surface area contributed by atoms with E-state index in [0.29, 0.717) is 22.9 Å². The summed E-state index contributed by atoms with van der Waals surface area (Å²) in [5.74, 6) is 0.854. The van der Waals surface area contributed by atoms with Crippen molar-refractivity contribution in [3.63, 3.8) is 0 Å². The smallest absolute Gasteiger partial charge is 0.152 e. The summed E-state index contributed by atoms with van der Waals surface area (Å²) in [6.07, 6.45) is 3.69. The van der Waals surface area contributed by atoms with Gasteiger partial charge in [-0.3, -0.25) is 0 Å². The van der Waals surface area contributed by atoms with E-state index >= 15 is 0 Å². The van der Waals surface area contributed by atoms with Crippen LogP contribution in [0.15, 0.2) is 10.3 Å². The summed E-state index contributed by atoms with van der Waals surface area (Å²) in [6, 6.07) is 0. The van der Waals surface area contributed by atoms with E-state index in [1.54, 1.807) is 0 Å². The maximum absolute atomic E-state index is 9.87. The lowest BCUT2D eigenvalue weighted by molar-refractivity contribution is 0.313. The lowest BCUT2D eigenvalue weighted by Gasteiger charge is -1.88. The van der Waals surface area contributed by atoms with Crippen LogP contribution in [0.2, 0.25) is 0 Å². The fourth-order valence-electron chi connectivity index (χ4n) is 0.680. The third-order valence-corrected chi connectivity index (χ3v) is 3.44. The molecular weight excluding hydrogens is 332 g/mol. The van der Waals surface area contributed by atoms with Crippen molar-refractivity contribution in [1.82, 2.24) is 0 Å². The van der Waals surface area contributed by atoms with Gasteiger partial charge in [0.15, 0.2) is 22.2 Å². The summed E-state index contributed by atoms with van der Waals surface area (Å²) in [5.41, 5.74) is 0.625. The Bertz CT molecular complexity index is 328. The van der Waals surface area contributed by atoms with Gasteiger partial charge in [-0.2, -0.15) is 0 Å². The molecule has 2 unspecified atom stereocenters. The monoisotopic (exact) mass is 360 g/mol. The molecule has 2 atom stereocenters. The molecule has 0 amide bonds. The lowest BCUT2D eigenvalue weighted by atomic mass is 10.3. The van der Waals surface area contributed by atoms with E-state index in [4.69, 9.17) is 19.5 Å². The van der Waals surface area contributed by atoms with Gasteiger partial charge in [-0.25, -0.2) is 8.42 Å². The zero-order valence-electron chi connectivity index (χ0n) is 13.6. The van der Waals surface area contributed by atoms with Crippen LogP contribution in [0.4, 0.5) is 0 Å². The molecule has 0 aliphatic rings. The van der Waals surface area contributed by atoms with Crippen LogP contribution >= 0.6 is 0 Å².